The van der Waals surface area contributed by atoms with E-state index in [1.807, 2.05) is 0 Å². The molecule has 0 heterocycles. The Kier molecular flexibility index (Phi) is 4.25. The van der Waals surface area contributed by atoms with Crippen molar-refractivity contribution in [1.29, 1.82) is 0 Å². The molecule has 0 saturated carbocycles. The van der Waals surface area contributed by atoms with Gasteiger partial charge >= 0.3 is 167 Å². The second-order valence-corrected chi connectivity index (χ2v) is 18.7. The van der Waals surface area contributed by atoms with Crippen LogP contribution in [0.25, 0.3) is 11.1 Å². The molecule has 0 radical (unpaired) electrons. The van der Waals surface area contributed by atoms with Crippen LogP contribution in [0.4, 0.5) is 0 Å². The van der Waals surface area contributed by atoms with E-state index in [1.165, 1.54) is 16.7 Å². The van der Waals surface area contributed by atoms with Crippen LogP contribution in [0.5, 0.6) is 0 Å². The molecule has 0 spiro atoms. The van der Waals surface area contributed by atoms with E-state index < -0.39 is 19.8 Å². The molecule has 2 aromatic rings. The molecule has 0 nitrogen and oxygen atoms in total. The third kappa shape index (κ3) is 2.48. The average molecular weight is 429 g/mol. The molecule has 0 aliphatic heterocycles. The maximum absolute atomic E-state index is 3.07. The van der Waals surface area contributed by atoms with Gasteiger partial charge in [-0.2, -0.15) is 0 Å². The van der Waals surface area contributed by atoms with Crippen molar-refractivity contribution in [2.24, 2.45) is 0 Å². The molecule has 27 heavy (non-hydrogen) atoms. The summed E-state index contributed by atoms with van der Waals surface area (Å²) in [4.78, 5) is 0. The van der Waals surface area contributed by atoms with E-state index in [9.17, 15) is 0 Å². The quantitative estimate of drug-likeness (QED) is 0.484. The van der Waals surface area contributed by atoms with E-state index in [4.69, 9.17) is 0 Å². The van der Waals surface area contributed by atoms with Gasteiger partial charge in [0.2, 0.25) is 0 Å². The molecule has 1 heteroatoms. The number of rotatable bonds is 3. The van der Waals surface area contributed by atoms with Crippen molar-refractivity contribution in [2.45, 2.75) is 33.1 Å². The van der Waals surface area contributed by atoms with E-state index in [0.717, 1.165) is 19.3 Å². The van der Waals surface area contributed by atoms with Gasteiger partial charge in [0.05, 0.1) is 0 Å². The number of hydrogen-bond donors (Lipinski definition) is 0. The number of fused-ring (bicyclic) bond motifs is 3. The van der Waals surface area contributed by atoms with Gasteiger partial charge in [0.1, 0.15) is 0 Å². The fraction of sp³-hybridized carbons (Fsp3) is 0.192. The molecular weight excluding hydrogens is 404 g/mol. The molecule has 0 fully saturated rings. The predicted molar refractivity (Wildman–Crippen MR) is 114 cm³/mol. The fourth-order valence-corrected chi connectivity index (χ4v) is 18.9. The van der Waals surface area contributed by atoms with Gasteiger partial charge in [0, 0.05) is 0 Å². The number of allylic oxidation sites excluding steroid dienone is 8. The number of benzene rings is 2. The first kappa shape index (κ1) is 17.3. The van der Waals surface area contributed by atoms with Gasteiger partial charge in [0.15, 0.2) is 0 Å². The van der Waals surface area contributed by atoms with E-state index in [-0.39, 0.29) is 0 Å². The topological polar surface area (TPSA) is 0 Å². The Balaban J connectivity index is 1.83. The predicted octanol–water partition coefficient (Wildman–Crippen LogP) is 5.94. The van der Waals surface area contributed by atoms with E-state index in [1.54, 1.807) is 18.6 Å². The standard InChI is InChI=1S/C13H9.2C5H5.C3H6.Zr/c1-3-7-12-10(5-1)9-11-6-2-4-8-13(11)12;2*1-2-4-5-3-1;1-3-2;/h1-5,7-8H,9H2;2*1-3H,4H2;1-2H3;. The van der Waals surface area contributed by atoms with E-state index >= 15 is 0 Å². The zero-order valence-corrected chi connectivity index (χ0v) is 18.6. The molecule has 3 aliphatic carbocycles. The second-order valence-electron chi connectivity index (χ2n) is 8.06. The molecule has 3 aliphatic rings. The average Bonchev–Trinajstić information content (AvgIpc) is 3.44. The van der Waals surface area contributed by atoms with Gasteiger partial charge < -0.3 is 0 Å². The summed E-state index contributed by atoms with van der Waals surface area (Å²) in [5, 5.41) is 0. The fourth-order valence-electron chi connectivity index (χ4n) is 5.42. The van der Waals surface area contributed by atoms with Crippen molar-refractivity contribution in [2.75, 3.05) is 0 Å². The number of hydrogen-bond acceptors (Lipinski definition) is 0. The van der Waals surface area contributed by atoms with Crippen LogP contribution in [-0.2, 0) is 26.2 Å². The molecule has 0 bridgehead atoms. The Morgan fingerprint density at radius 3 is 2.07 bits per heavy atom. The second kappa shape index (κ2) is 6.64. The summed E-state index contributed by atoms with van der Waals surface area (Å²) in [7, 11) is 0. The van der Waals surface area contributed by atoms with Crippen LogP contribution in [0, 0.1) is 0 Å². The van der Waals surface area contributed by atoms with Crippen molar-refractivity contribution in [1.82, 2.24) is 0 Å². The van der Waals surface area contributed by atoms with Crippen LogP contribution in [0.1, 0.15) is 37.8 Å². The van der Waals surface area contributed by atoms with Crippen LogP contribution in [0.2, 0.25) is 0 Å². The van der Waals surface area contributed by atoms with Crippen LogP contribution < -0.4 is 3.27 Å². The molecule has 0 unspecified atom stereocenters. The minimum atomic E-state index is -3.07. The van der Waals surface area contributed by atoms with Crippen molar-refractivity contribution < 1.29 is 19.8 Å². The first-order valence-electron chi connectivity index (χ1n) is 9.96. The van der Waals surface area contributed by atoms with Gasteiger partial charge in [-0.05, 0) is 0 Å². The first-order chi connectivity index (χ1) is 13.2. The SMILES string of the molecule is C[C](C)=[Zr]([C]1=CC=CC1)([C]1=CC=CC1)[c]1cccc2c1Cc1ccccc1-2. The Labute approximate surface area is 166 Å². The Morgan fingerprint density at radius 2 is 1.44 bits per heavy atom. The molecule has 5 rings (SSSR count). The summed E-state index contributed by atoms with van der Waals surface area (Å²) < 4.78 is 6.83. The molecular formula is C26H25Zr. The molecule has 0 atom stereocenters. The summed E-state index contributed by atoms with van der Waals surface area (Å²) in [5.41, 5.74) is 6.02. The van der Waals surface area contributed by atoms with Crippen molar-refractivity contribution >= 4 is 6.48 Å². The molecule has 2 aromatic carbocycles. The van der Waals surface area contributed by atoms with Crippen molar-refractivity contribution in [3.05, 3.63) is 96.6 Å². The Morgan fingerprint density at radius 1 is 0.778 bits per heavy atom. The molecule has 0 N–H and O–H groups in total. The summed E-state index contributed by atoms with van der Waals surface area (Å²) in [6.07, 6.45) is 17.5. The van der Waals surface area contributed by atoms with Crippen LogP contribution >= 0.6 is 0 Å². The maximum atomic E-state index is 2.48. The van der Waals surface area contributed by atoms with E-state index in [2.05, 4.69) is 92.8 Å². The van der Waals surface area contributed by atoms with Crippen molar-refractivity contribution in [3.63, 3.8) is 0 Å². The van der Waals surface area contributed by atoms with Gasteiger partial charge in [0.25, 0.3) is 0 Å². The summed E-state index contributed by atoms with van der Waals surface area (Å²) in [6, 6.07) is 16.1. The summed E-state index contributed by atoms with van der Waals surface area (Å²) >= 11 is -3.07. The van der Waals surface area contributed by atoms with E-state index in [0.29, 0.717) is 0 Å². The molecule has 0 saturated heterocycles. The monoisotopic (exact) mass is 427 g/mol. The van der Waals surface area contributed by atoms with Crippen LogP contribution in [-0.4, -0.2) is 3.21 Å². The van der Waals surface area contributed by atoms with Gasteiger partial charge in [-0.15, -0.1) is 0 Å². The third-order valence-electron chi connectivity index (χ3n) is 6.51. The zero-order valence-electron chi connectivity index (χ0n) is 16.1. The Bertz CT molecular complexity index is 1080. The van der Waals surface area contributed by atoms with Crippen LogP contribution in [0.15, 0.2) is 85.5 Å². The molecule has 0 aromatic heterocycles. The first-order valence-corrected chi connectivity index (χ1v) is 14.9. The summed E-state index contributed by atoms with van der Waals surface area (Å²) in [5.74, 6) is 0. The Hall–Kier alpha value is -1.85. The van der Waals surface area contributed by atoms with Crippen molar-refractivity contribution in [3.8, 4) is 11.1 Å². The minimum absolute atomic E-state index is 1.09. The van der Waals surface area contributed by atoms with Gasteiger partial charge in [-0.3, -0.25) is 0 Å². The zero-order chi connectivity index (χ0) is 18.4. The molecule has 133 valence electrons. The van der Waals surface area contributed by atoms with Gasteiger partial charge in [-0.25, -0.2) is 0 Å². The normalized spacial score (nSPS) is 17.0. The molecule has 0 amide bonds. The van der Waals surface area contributed by atoms with Gasteiger partial charge in [-0.1, -0.05) is 0 Å². The third-order valence-corrected chi connectivity index (χ3v) is 19.9. The van der Waals surface area contributed by atoms with Crippen LogP contribution in [0.3, 0.4) is 0 Å². The summed E-state index contributed by atoms with van der Waals surface area (Å²) in [6.45, 7) is 4.83.